The van der Waals surface area contributed by atoms with E-state index in [2.05, 4.69) is 15.3 Å². The molecule has 1 saturated heterocycles. The molecule has 0 aromatic carbocycles. The molecule has 2 rings (SSSR count). The molecule has 1 N–H and O–H groups in total. The zero-order chi connectivity index (χ0) is 12.6. The molecule has 0 aliphatic carbocycles. The first-order valence-electron chi connectivity index (χ1n) is 6.55. The van der Waals surface area contributed by atoms with Gasteiger partial charge in [-0.05, 0) is 25.8 Å². The second kappa shape index (κ2) is 9.07. The molecule has 0 amide bonds. The molecule has 19 heavy (non-hydrogen) atoms. The van der Waals surface area contributed by atoms with Crippen LogP contribution in [0.5, 0.6) is 5.88 Å². The normalized spacial score (nSPS) is 18.7. The summed E-state index contributed by atoms with van der Waals surface area (Å²) in [5.74, 6) is 0.549. The molecule has 108 valence electrons. The summed E-state index contributed by atoms with van der Waals surface area (Å²) in [6.07, 6.45) is 8.22. The van der Waals surface area contributed by atoms with E-state index in [4.69, 9.17) is 9.47 Å². The highest BCUT2D eigenvalue weighted by atomic mass is 35.5. The van der Waals surface area contributed by atoms with Gasteiger partial charge in [-0.1, -0.05) is 6.42 Å². The third-order valence-corrected chi connectivity index (χ3v) is 3.19. The Hall–Kier alpha value is -0.910. The summed E-state index contributed by atoms with van der Waals surface area (Å²) in [4.78, 5) is 8.29. The highest BCUT2D eigenvalue weighted by Crippen LogP contribution is 2.13. The van der Waals surface area contributed by atoms with Crippen molar-refractivity contribution in [2.24, 2.45) is 0 Å². The number of methoxy groups -OCH3 is 1. The van der Waals surface area contributed by atoms with Crippen LogP contribution in [0.2, 0.25) is 0 Å². The molecule has 2 heterocycles. The fourth-order valence-electron chi connectivity index (χ4n) is 2.19. The van der Waals surface area contributed by atoms with Crippen LogP contribution in [0.15, 0.2) is 12.4 Å². The van der Waals surface area contributed by atoms with Gasteiger partial charge in [0.2, 0.25) is 5.88 Å². The maximum atomic E-state index is 5.64. The molecule has 1 aromatic rings. The topological polar surface area (TPSA) is 56.3 Å². The van der Waals surface area contributed by atoms with Crippen LogP contribution in [0.25, 0.3) is 0 Å². The Morgan fingerprint density at radius 1 is 1.32 bits per heavy atom. The standard InChI is InChI=1S/C13H21N3O2.ClH/c1-17-13-12(15-7-8-16-13)10-18-9-5-11-4-2-3-6-14-11;/h7-8,11,14H,2-6,9-10H2,1H3;1H. The first-order valence-corrected chi connectivity index (χ1v) is 6.55. The Balaban J connectivity index is 0.00000180. The summed E-state index contributed by atoms with van der Waals surface area (Å²) in [5, 5.41) is 3.51. The molecule has 1 atom stereocenters. The fraction of sp³-hybridized carbons (Fsp3) is 0.692. The van der Waals surface area contributed by atoms with Gasteiger partial charge in [-0.2, -0.15) is 0 Å². The molecule has 5 nitrogen and oxygen atoms in total. The van der Waals surface area contributed by atoms with E-state index in [1.165, 1.54) is 19.3 Å². The average molecular weight is 288 g/mol. The zero-order valence-electron chi connectivity index (χ0n) is 11.3. The number of aromatic nitrogens is 2. The van der Waals surface area contributed by atoms with Gasteiger partial charge in [0.25, 0.3) is 0 Å². The lowest BCUT2D eigenvalue weighted by Gasteiger charge is -2.23. The molecule has 1 aliphatic heterocycles. The van der Waals surface area contributed by atoms with Crippen LogP contribution in [-0.2, 0) is 11.3 Å². The van der Waals surface area contributed by atoms with Crippen molar-refractivity contribution in [2.45, 2.75) is 38.3 Å². The largest absolute Gasteiger partial charge is 0.480 e. The van der Waals surface area contributed by atoms with Gasteiger partial charge in [0, 0.05) is 25.0 Å². The highest BCUT2D eigenvalue weighted by Gasteiger charge is 2.12. The lowest BCUT2D eigenvalue weighted by Crippen LogP contribution is -2.34. The van der Waals surface area contributed by atoms with Crippen LogP contribution in [0.1, 0.15) is 31.4 Å². The number of hydrogen-bond donors (Lipinski definition) is 1. The smallest absolute Gasteiger partial charge is 0.237 e. The fourth-order valence-corrected chi connectivity index (χ4v) is 2.19. The van der Waals surface area contributed by atoms with Crippen LogP contribution in [0, 0.1) is 0 Å². The maximum Gasteiger partial charge on any atom is 0.237 e. The highest BCUT2D eigenvalue weighted by molar-refractivity contribution is 5.85. The van der Waals surface area contributed by atoms with E-state index in [1.807, 2.05) is 0 Å². The number of halogens is 1. The Morgan fingerprint density at radius 2 is 2.16 bits per heavy atom. The van der Waals surface area contributed by atoms with Gasteiger partial charge in [-0.15, -0.1) is 12.4 Å². The monoisotopic (exact) mass is 287 g/mol. The number of nitrogens with one attached hydrogen (secondary N) is 1. The van der Waals surface area contributed by atoms with E-state index in [-0.39, 0.29) is 12.4 Å². The van der Waals surface area contributed by atoms with E-state index >= 15 is 0 Å². The minimum absolute atomic E-state index is 0. The third-order valence-electron chi connectivity index (χ3n) is 3.19. The number of ether oxygens (including phenoxy) is 2. The SMILES string of the molecule is COc1nccnc1COCCC1CCCCN1.Cl. The van der Waals surface area contributed by atoms with E-state index in [9.17, 15) is 0 Å². The van der Waals surface area contributed by atoms with Gasteiger partial charge in [-0.3, -0.25) is 4.98 Å². The van der Waals surface area contributed by atoms with E-state index < -0.39 is 0 Å². The van der Waals surface area contributed by atoms with Gasteiger partial charge >= 0.3 is 0 Å². The minimum atomic E-state index is 0. The number of nitrogens with zero attached hydrogens (tertiary/aromatic N) is 2. The minimum Gasteiger partial charge on any atom is -0.480 e. The van der Waals surface area contributed by atoms with Crippen LogP contribution in [0.3, 0.4) is 0 Å². The molecular weight excluding hydrogens is 266 g/mol. The van der Waals surface area contributed by atoms with Crippen LogP contribution < -0.4 is 10.1 Å². The predicted octanol–water partition coefficient (Wildman–Crippen LogP) is 1.96. The van der Waals surface area contributed by atoms with Crippen molar-refractivity contribution in [3.8, 4) is 5.88 Å². The van der Waals surface area contributed by atoms with Gasteiger partial charge in [0.15, 0.2) is 0 Å². The molecule has 0 bridgehead atoms. The molecule has 1 aromatic heterocycles. The molecule has 1 fully saturated rings. The molecule has 0 radical (unpaired) electrons. The summed E-state index contributed by atoms with van der Waals surface area (Å²) in [7, 11) is 1.60. The van der Waals surface area contributed by atoms with Crippen molar-refractivity contribution < 1.29 is 9.47 Å². The molecular formula is C13H22ClN3O2. The molecule has 1 unspecified atom stereocenters. The first kappa shape index (κ1) is 16.1. The molecule has 1 aliphatic rings. The Labute approximate surface area is 120 Å². The molecule has 0 spiro atoms. The average Bonchev–Trinajstić information content (AvgIpc) is 2.45. The summed E-state index contributed by atoms with van der Waals surface area (Å²) in [5.41, 5.74) is 0.761. The van der Waals surface area contributed by atoms with Gasteiger partial charge in [0.1, 0.15) is 5.69 Å². The van der Waals surface area contributed by atoms with Gasteiger partial charge in [-0.25, -0.2) is 4.98 Å². The first-order chi connectivity index (χ1) is 8.90. The van der Waals surface area contributed by atoms with Crippen LogP contribution >= 0.6 is 12.4 Å². The van der Waals surface area contributed by atoms with Crippen molar-refractivity contribution in [3.05, 3.63) is 18.1 Å². The van der Waals surface area contributed by atoms with Crippen molar-refractivity contribution in [2.75, 3.05) is 20.3 Å². The number of piperidine rings is 1. The summed E-state index contributed by atoms with van der Waals surface area (Å²) in [6.45, 7) is 2.35. The van der Waals surface area contributed by atoms with Crippen molar-refractivity contribution in [1.29, 1.82) is 0 Å². The molecule has 6 heteroatoms. The zero-order valence-corrected chi connectivity index (χ0v) is 12.1. The number of rotatable bonds is 6. The van der Waals surface area contributed by atoms with Gasteiger partial charge in [0.05, 0.1) is 13.7 Å². The van der Waals surface area contributed by atoms with E-state index in [0.717, 1.165) is 25.3 Å². The quantitative estimate of drug-likeness (QED) is 0.811. The lowest BCUT2D eigenvalue weighted by molar-refractivity contribution is 0.104. The Bertz CT molecular complexity index is 359. The lowest BCUT2D eigenvalue weighted by atomic mass is 10.0. The maximum absolute atomic E-state index is 5.64. The second-order valence-corrected chi connectivity index (χ2v) is 4.50. The van der Waals surface area contributed by atoms with Crippen LogP contribution in [0.4, 0.5) is 0 Å². The van der Waals surface area contributed by atoms with Gasteiger partial charge < -0.3 is 14.8 Å². The van der Waals surface area contributed by atoms with E-state index in [0.29, 0.717) is 18.5 Å². The summed E-state index contributed by atoms with van der Waals surface area (Å²) < 4.78 is 10.8. The second-order valence-electron chi connectivity index (χ2n) is 4.50. The van der Waals surface area contributed by atoms with Crippen molar-refractivity contribution in [3.63, 3.8) is 0 Å². The molecule has 0 saturated carbocycles. The Morgan fingerprint density at radius 3 is 2.89 bits per heavy atom. The number of hydrogen-bond acceptors (Lipinski definition) is 5. The Kier molecular flexibility index (Phi) is 7.70. The van der Waals surface area contributed by atoms with E-state index in [1.54, 1.807) is 19.5 Å². The van der Waals surface area contributed by atoms with Crippen molar-refractivity contribution in [1.82, 2.24) is 15.3 Å². The third kappa shape index (κ3) is 5.30. The van der Waals surface area contributed by atoms with Crippen molar-refractivity contribution >= 4 is 12.4 Å². The van der Waals surface area contributed by atoms with Crippen LogP contribution in [-0.4, -0.2) is 36.3 Å². The predicted molar refractivity (Wildman–Crippen MR) is 75.7 cm³/mol. The summed E-state index contributed by atoms with van der Waals surface area (Å²) >= 11 is 0. The summed E-state index contributed by atoms with van der Waals surface area (Å²) in [6, 6.07) is 0.613.